The summed E-state index contributed by atoms with van der Waals surface area (Å²) in [6, 6.07) is 0. The largest absolute Gasteiger partial charge is 0.466 e. The first-order valence-electron chi connectivity index (χ1n) is 8.77. The third-order valence-corrected chi connectivity index (χ3v) is 8.04. The molecule has 3 aliphatic carbocycles. The SMILES string of the molecule is CC(=O)OCC1C2(C)CCCC(C)(C)C2CC2C(C)C21C. The Labute approximate surface area is 130 Å². The Hall–Kier alpha value is -0.530. The lowest BCUT2D eigenvalue weighted by Gasteiger charge is -2.58. The average molecular weight is 292 g/mol. The summed E-state index contributed by atoms with van der Waals surface area (Å²) >= 11 is 0. The van der Waals surface area contributed by atoms with Crippen molar-refractivity contribution in [2.45, 2.75) is 67.2 Å². The molecule has 120 valence electrons. The van der Waals surface area contributed by atoms with Crippen LogP contribution in [0.3, 0.4) is 0 Å². The fraction of sp³-hybridized carbons (Fsp3) is 0.947. The van der Waals surface area contributed by atoms with E-state index in [-0.39, 0.29) is 5.97 Å². The molecule has 0 aromatic carbocycles. The van der Waals surface area contributed by atoms with E-state index in [2.05, 4.69) is 34.6 Å². The molecule has 3 fully saturated rings. The van der Waals surface area contributed by atoms with Gasteiger partial charge in [0, 0.05) is 12.8 Å². The van der Waals surface area contributed by atoms with Crippen molar-refractivity contribution in [3.05, 3.63) is 0 Å². The molecule has 0 aromatic rings. The predicted molar refractivity (Wildman–Crippen MR) is 84.7 cm³/mol. The van der Waals surface area contributed by atoms with E-state index in [1.807, 2.05) is 0 Å². The zero-order valence-electron chi connectivity index (χ0n) is 14.7. The molecule has 6 unspecified atom stereocenters. The van der Waals surface area contributed by atoms with Crippen molar-refractivity contribution in [3.63, 3.8) is 0 Å². The summed E-state index contributed by atoms with van der Waals surface area (Å²) < 4.78 is 5.54. The minimum atomic E-state index is -0.121. The van der Waals surface area contributed by atoms with Crippen molar-refractivity contribution in [1.82, 2.24) is 0 Å². The molecule has 0 N–H and O–H groups in total. The van der Waals surface area contributed by atoms with Crippen LogP contribution in [0, 0.1) is 39.9 Å². The Morgan fingerprint density at radius 1 is 1.19 bits per heavy atom. The highest BCUT2D eigenvalue weighted by Crippen LogP contribution is 2.77. The number of ether oxygens (including phenoxy) is 1. The number of hydrogen-bond acceptors (Lipinski definition) is 2. The number of rotatable bonds is 2. The molecule has 2 heteroatoms. The number of carbonyl (C=O) groups excluding carboxylic acids is 1. The zero-order valence-corrected chi connectivity index (χ0v) is 14.7. The summed E-state index contributed by atoms with van der Waals surface area (Å²) in [5.74, 6) is 2.82. The Kier molecular flexibility index (Phi) is 3.28. The summed E-state index contributed by atoms with van der Waals surface area (Å²) in [5, 5.41) is 0. The van der Waals surface area contributed by atoms with Crippen LogP contribution in [-0.2, 0) is 9.53 Å². The van der Waals surface area contributed by atoms with Crippen molar-refractivity contribution in [2.75, 3.05) is 6.61 Å². The molecule has 0 aliphatic heterocycles. The number of esters is 1. The first-order chi connectivity index (χ1) is 9.64. The van der Waals surface area contributed by atoms with E-state index < -0.39 is 0 Å². The number of hydrogen-bond donors (Lipinski definition) is 0. The maximum atomic E-state index is 11.4. The Balaban J connectivity index is 1.95. The van der Waals surface area contributed by atoms with Gasteiger partial charge in [-0.2, -0.15) is 0 Å². The standard InChI is InChI=1S/C19H32O2/c1-12-14-10-15-17(3,4)8-7-9-18(15,5)16(19(12,14)6)11-21-13(2)20/h12,14-16H,7-11H2,1-6H3. The van der Waals surface area contributed by atoms with Crippen LogP contribution >= 0.6 is 0 Å². The molecular formula is C19H32O2. The summed E-state index contributed by atoms with van der Waals surface area (Å²) in [7, 11) is 0. The first-order valence-corrected chi connectivity index (χ1v) is 8.77. The van der Waals surface area contributed by atoms with Gasteiger partial charge in [0.05, 0.1) is 6.61 Å². The molecule has 21 heavy (non-hydrogen) atoms. The van der Waals surface area contributed by atoms with Gasteiger partial charge in [0.15, 0.2) is 0 Å². The molecule has 2 nitrogen and oxygen atoms in total. The quantitative estimate of drug-likeness (QED) is 0.691. The second kappa shape index (κ2) is 4.49. The van der Waals surface area contributed by atoms with Gasteiger partial charge < -0.3 is 4.74 Å². The molecule has 3 saturated carbocycles. The van der Waals surface area contributed by atoms with Crippen LogP contribution in [0.4, 0.5) is 0 Å². The van der Waals surface area contributed by atoms with Crippen LogP contribution < -0.4 is 0 Å². The average Bonchev–Trinajstić information content (AvgIpc) is 2.87. The molecule has 0 radical (unpaired) electrons. The molecule has 0 aromatic heterocycles. The zero-order chi connectivity index (χ0) is 15.6. The van der Waals surface area contributed by atoms with Gasteiger partial charge in [-0.3, -0.25) is 4.79 Å². The third-order valence-electron chi connectivity index (χ3n) is 8.04. The Morgan fingerprint density at radius 3 is 2.48 bits per heavy atom. The summed E-state index contributed by atoms with van der Waals surface area (Å²) in [6.07, 6.45) is 5.37. The van der Waals surface area contributed by atoms with Gasteiger partial charge in [-0.25, -0.2) is 0 Å². The van der Waals surface area contributed by atoms with Crippen LogP contribution in [0.1, 0.15) is 67.2 Å². The molecule has 3 rings (SSSR count). The summed E-state index contributed by atoms with van der Waals surface area (Å²) in [5.41, 5.74) is 1.17. The Bertz CT molecular complexity index is 454. The molecule has 0 bridgehead atoms. The molecule has 3 aliphatic rings. The normalized spacial score (nSPS) is 50.8. The number of carbonyl (C=O) groups is 1. The highest BCUT2D eigenvalue weighted by molar-refractivity contribution is 5.65. The van der Waals surface area contributed by atoms with Crippen molar-refractivity contribution < 1.29 is 9.53 Å². The molecule has 6 atom stereocenters. The molecule has 0 amide bonds. The van der Waals surface area contributed by atoms with E-state index in [4.69, 9.17) is 4.74 Å². The van der Waals surface area contributed by atoms with E-state index in [9.17, 15) is 4.79 Å². The molecule has 0 spiro atoms. The lowest BCUT2D eigenvalue weighted by molar-refractivity contribution is -0.154. The monoisotopic (exact) mass is 292 g/mol. The van der Waals surface area contributed by atoms with E-state index in [0.29, 0.717) is 28.8 Å². The van der Waals surface area contributed by atoms with Crippen LogP contribution in [0.25, 0.3) is 0 Å². The van der Waals surface area contributed by atoms with Gasteiger partial charge in [-0.05, 0) is 53.3 Å². The highest BCUT2D eigenvalue weighted by atomic mass is 16.5. The molecule has 0 saturated heterocycles. The predicted octanol–water partition coefficient (Wildman–Crippen LogP) is 4.67. The van der Waals surface area contributed by atoms with E-state index in [0.717, 1.165) is 17.8 Å². The van der Waals surface area contributed by atoms with E-state index >= 15 is 0 Å². The van der Waals surface area contributed by atoms with Crippen molar-refractivity contribution in [3.8, 4) is 0 Å². The van der Waals surface area contributed by atoms with Gasteiger partial charge in [0.2, 0.25) is 0 Å². The molecule has 0 heterocycles. The van der Waals surface area contributed by atoms with Gasteiger partial charge >= 0.3 is 5.97 Å². The minimum absolute atomic E-state index is 0.121. The minimum Gasteiger partial charge on any atom is -0.466 e. The van der Waals surface area contributed by atoms with Crippen molar-refractivity contribution in [2.24, 2.45) is 39.9 Å². The highest BCUT2D eigenvalue weighted by Gasteiger charge is 2.72. The third kappa shape index (κ3) is 2.00. The topological polar surface area (TPSA) is 26.3 Å². The van der Waals surface area contributed by atoms with Gasteiger partial charge in [0.1, 0.15) is 0 Å². The Morgan fingerprint density at radius 2 is 1.86 bits per heavy atom. The van der Waals surface area contributed by atoms with Gasteiger partial charge in [0.25, 0.3) is 0 Å². The van der Waals surface area contributed by atoms with Crippen LogP contribution in [0.2, 0.25) is 0 Å². The van der Waals surface area contributed by atoms with Crippen LogP contribution in [0.5, 0.6) is 0 Å². The fourth-order valence-corrected chi connectivity index (χ4v) is 6.60. The van der Waals surface area contributed by atoms with Crippen LogP contribution in [0.15, 0.2) is 0 Å². The van der Waals surface area contributed by atoms with E-state index in [1.165, 1.54) is 25.7 Å². The van der Waals surface area contributed by atoms with E-state index in [1.54, 1.807) is 6.92 Å². The molecular weight excluding hydrogens is 260 g/mol. The second-order valence-corrected chi connectivity index (χ2v) is 9.25. The van der Waals surface area contributed by atoms with Gasteiger partial charge in [-0.15, -0.1) is 0 Å². The summed E-state index contributed by atoms with van der Waals surface area (Å²) in [4.78, 5) is 11.4. The van der Waals surface area contributed by atoms with Crippen LogP contribution in [-0.4, -0.2) is 12.6 Å². The maximum absolute atomic E-state index is 11.4. The smallest absolute Gasteiger partial charge is 0.302 e. The number of fused-ring (bicyclic) bond motifs is 2. The lowest BCUT2D eigenvalue weighted by Crippen LogP contribution is -2.53. The second-order valence-electron chi connectivity index (χ2n) is 9.25. The summed E-state index contributed by atoms with van der Waals surface area (Å²) in [6.45, 7) is 14.5. The first kappa shape index (κ1) is 15.4. The fourth-order valence-electron chi connectivity index (χ4n) is 6.60. The van der Waals surface area contributed by atoms with Crippen molar-refractivity contribution >= 4 is 5.97 Å². The lowest BCUT2D eigenvalue weighted by atomic mass is 9.46. The van der Waals surface area contributed by atoms with Gasteiger partial charge in [-0.1, -0.05) is 41.0 Å². The van der Waals surface area contributed by atoms with Crippen molar-refractivity contribution in [1.29, 1.82) is 0 Å². The maximum Gasteiger partial charge on any atom is 0.302 e.